The monoisotopic (exact) mass is 572 g/mol. The summed E-state index contributed by atoms with van der Waals surface area (Å²) in [5.41, 5.74) is 2.59. The summed E-state index contributed by atoms with van der Waals surface area (Å²) in [5.74, 6) is -0.172. The number of hydrogen-bond acceptors (Lipinski definition) is 7. The molecule has 0 saturated heterocycles. The molecule has 1 aliphatic heterocycles. The van der Waals surface area contributed by atoms with E-state index in [1.807, 2.05) is 18.2 Å². The molecule has 0 aromatic heterocycles. The van der Waals surface area contributed by atoms with Crippen molar-refractivity contribution in [3.8, 4) is 17.2 Å². The third kappa shape index (κ3) is 5.85. The predicted octanol–water partition coefficient (Wildman–Crippen LogP) is 7.29. The molecule has 5 rings (SSSR count). The molecule has 3 unspecified atom stereocenters. The highest BCUT2D eigenvalue weighted by atomic mass is 16.5. The summed E-state index contributed by atoms with van der Waals surface area (Å²) < 4.78 is 11.9. The number of rotatable bonds is 13. The van der Waals surface area contributed by atoms with E-state index < -0.39 is 5.97 Å². The molecule has 0 spiro atoms. The Bertz CT molecular complexity index is 1640. The zero-order valence-corrected chi connectivity index (χ0v) is 24.9. The molecule has 42 heavy (non-hydrogen) atoms. The first kappa shape index (κ1) is 29.5. The third-order valence-electron chi connectivity index (χ3n) is 9.34. The lowest BCUT2D eigenvalue weighted by atomic mass is 9.86. The highest BCUT2D eigenvalue weighted by Gasteiger charge is 2.56. The molecule has 222 valence electrons. The average molecular weight is 573 g/mol. The highest BCUT2D eigenvalue weighted by molar-refractivity contribution is 5.97. The standard InChI is InChI=1S/C34H40N2O6/c1-5-21(15-16-34(6-2)20-26(34)33(39)40)9-14-31(38)41-23-11-12-24-25(18-23)32-30(19-28(24)37)42-29-17-22(36(7-3)8-4)10-13-27(29)35-32/h10-13,17-19,21,26H,5-9,14-16,20H2,1-4H3,(H,39,40). The van der Waals surface area contributed by atoms with Crippen LogP contribution in [-0.2, 0) is 9.59 Å². The number of aromatic nitrogens is 1. The van der Waals surface area contributed by atoms with Crippen LogP contribution in [0.5, 0.6) is 5.75 Å². The summed E-state index contributed by atoms with van der Waals surface area (Å²) in [4.78, 5) is 44.2. The fourth-order valence-corrected chi connectivity index (χ4v) is 6.38. The fraction of sp³-hybridized carbons (Fsp3) is 0.471. The molecule has 2 aliphatic carbocycles. The summed E-state index contributed by atoms with van der Waals surface area (Å²) >= 11 is 0. The number of anilines is 1. The smallest absolute Gasteiger partial charge is 0.311 e. The molecule has 1 N–H and O–H groups in total. The number of benzene rings is 3. The fourth-order valence-electron chi connectivity index (χ4n) is 6.38. The largest absolute Gasteiger partial charge is 0.481 e. The minimum atomic E-state index is -0.692. The molecule has 1 saturated carbocycles. The minimum absolute atomic E-state index is 0.0760. The summed E-state index contributed by atoms with van der Waals surface area (Å²) in [6.45, 7) is 10.1. The van der Waals surface area contributed by atoms with Gasteiger partial charge in [0.1, 0.15) is 17.0 Å². The number of aliphatic carboxylic acids is 1. The molecular formula is C34H40N2O6. The molecule has 1 heterocycles. The first-order chi connectivity index (χ1) is 20.2. The Hall–Kier alpha value is -3.94. The first-order valence-electron chi connectivity index (χ1n) is 15.2. The number of carboxylic acid groups (broad SMARTS) is 1. The van der Waals surface area contributed by atoms with Crippen molar-refractivity contribution < 1.29 is 23.8 Å². The van der Waals surface area contributed by atoms with E-state index >= 15 is 0 Å². The minimum Gasteiger partial charge on any atom is -0.481 e. The molecule has 2 aromatic rings. The Morgan fingerprint density at radius 3 is 2.52 bits per heavy atom. The zero-order chi connectivity index (χ0) is 30.0. The van der Waals surface area contributed by atoms with E-state index in [2.05, 4.69) is 32.6 Å². The van der Waals surface area contributed by atoms with Gasteiger partial charge in [-0.2, -0.15) is 0 Å². The molecule has 0 amide bonds. The van der Waals surface area contributed by atoms with E-state index in [1.54, 1.807) is 18.2 Å². The van der Waals surface area contributed by atoms with Gasteiger partial charge in [-0.15, -0.1) is 0 Å². The number of hydrogen-bond donors (Lipinski definition) is 1. The lowest BCUT2D eigenvalue weighted by Crippen LogP contribution is -2.21. The molecule has 8 nitrogen and oxygen atoms in total. The summed E-state index contributed by atoms with van der Waals surface area (Å²) in [6, 6.07) is 12.4. The van der Waals surface area contributed by atoms with Crippen molar-refractivity contribution in [2.24, 2.45) is 17.3 Å². The second-order valence-electron chi connectivity index (χ2n) is 11.6. The van der Waals surface area contributed by atoms with Crippen molar-refractivity contribution in [2.75, 3.05) is 18.0 Å². The topological polar surface area (TPSA) is 110 Å². The molecule has 3 aliphatic rings. The highest BCUT2D eigenvalue weighted by Crippen LogP contribution is 2.59. The van der Waals surface area contributed by atoms with Crippen molar-refractivity contribution >= 4 is 39.5 Å². The van der Waals surface area contributed by atoms with E-state index in [-0.39, 0.29) is 29.2 Å². The van der Waals surface area contributed by atoms with Crippen LogP contribution < -0.4 is 15.1 Å². The van der Waals surface area contributed by atoms with Gasteiger partial charge in [0.15, 0.2) is 16.8 Å². The molecule has 8 heteroatoms. The zero-order valence-electron chi connectivity index (χ0n) is 24.9. The van der Waals surface area contributed by atoms with Gasteiger partial charge in [-0.25, -0.2) is 4.98 Å². The number of esters is 1. The number of carboxylic acids is 1. The maximum atomic E-state index is 12.9. The van der Waals surface area contributed by atoms with E-state index in [1.165, 1.54) is 6.07 Å². The van der Waals surface area contributed by atoms with Crippen molar-refractivity contribution in [2.45, 2.75) is 72.6 Å². The normalized spacial score (nSPS) is 18.8. The average Bonchev–Trinajstić information content (AvgIpc) is 3.72. The van der Waals surface area contributed by atoms with Gasteiger partial charge >= 0.3 is 11.9 Å². The van der Waals surface area contributed by atoms with Crippen molar-refractivity contribution in [3.63, 3.8) is 0 Å². The van der Waals surface area contributed by atoms with Crippen LogP contribution in [0.15, 0.2) is 51.7 Å². The van der Waals surface area contributed by atoms with E-state index in [0.29, 0.717) is 51.4 Å². The quantitative estimate of drug-likeness (QED) is 0.0770. The SMILES string of the molecule is CCC(CCC(=O)Oc1ccc2c(=O)cc3oc4cc(N(CC)CC)ccc4nc-3c2c1)CCC1(CC)CC1C(=O)O. The van der Waals surface area contributed by atoms with Crippen LogP contribution in [0.4, 0.5) is 5.69 Å². The summed E-state index contributed by atoms with van der Waals surface area (Å²) in [6.07, 6.45) is 5.32. The van der Waals surface area contributed by atoms with Gasteiger partial charge in [-0.3, -0.25) is 14.4 Å². The summed E-state index contributed by atoms with van der Waals surface area (Å²) in [5, 5.41) is 10.5. The first-order valence-corrected chi connectivity index (χ1v) is 15.2. The number of nitrogens with zero attached hydrogens (tertiary/aromatic N) is 2. The number of fused-ring (bicyclic) bond motifs is 4. The van der Waals surface area contributed by atoms with Crippen molar-refractivity contribution in [1.82, 2.24) is 4.98 Å². The number of carbonyl (C=O) groups excluding carboxylic acids is 1. The third-order valence-corrected chi connectivity index (χ3v) is 9.34. The van der Waals surface area contributed by atoms with E-state index in [9.17, 15) is 19.5 Å². The maximum absolute atomic E-state index is 12.9. The molecule has 0 radical (unpaired) electrons. The van der Waals surface area contributed by atoms with Crippen LogP contribution in [0, 0.1) is 17.3 Å². The van der Waals surface area contributed by atoms with Gasteiger partial charge in [0.05, 0.1) is 5.92 Å². The second kappa shape index (κ2) is 12.1. The Morgan fingerprint density at radius 2 is 1.86 bits per heavy atom. The van der Waals surface area contributed by atoms with Crippen LogP contribution in [0.2, 0.25) is 0 Å². The van der Waals surface area contributed by atoms with Gasteiger partial charge in [-0.05, 0) is 87.6 Å². The maximum Gasteiger partial charge on any atom is 0.311 e. The molecule has 2 aromatic carbocycles. The summed E-state index contributed by atoms with van der Waals surface area (Å²) in [7, 11) is 0. The second-order valence-corrected chi connectivity index (χ2v) is 11.6. The molecule has 1 fully saturated rings. The van der Waals surface area contributed by atoms with E-state index in [0.717, 1.165) is 50.9 Å². The number of ether oxygens (including phenoxy) is 1. The molecule has 3 atom stereocenters. The Morgan fingerprint density at radius 1 is 1.07 bits per heavy atom. The van der Waals surface area contributed by atoms with Crippen LogP contribution >= 0.6 is 0 Å². The molecular weight excluding hydrogens is 532 g/mol. The van der Waals surface area contributed by atoms with Crippen LogP contribution in [-0.4, -0.2) is 35.1 Å². The lowest BCUT2D eigenvalue weighted by Gasteiger charge is -2.21. The van der Waals surface area contributed by atoms with Crippen LogP contribution in [0.25, 0.3) is 33.3 Å². The predicted molar refractivity (Wildman–Crippen MR) is 164 cm³/mol. The Balaban J connectivity index is 1.31. The van der Waals surface area contributed by atoms with Crippen LogP contribution in [0.3, 0.4) is 0 Å². The van der Waals surface area contributed by atoms with Crippen molar-refractivity contribution in [1.29, 1.82) is 0 Å². The lowest BCUT2D eigenvalue weighted by molar-refractivity contribution is -0.139. The Labute approximate surface area is 246 Å². The van der Waals surface area contributed by atoms with Crippen LogP contribution in [0.1, 0.15) is 72.6 Å². The van der Waals surface area contributed by atoms with Gasteiger partial charge in [0, 0.05) is 48.1 Å². The Kier molecular flexibility index (Phi) is 8.53. The molecule has 0 bridgehead atoms. The van der Waals surface area contributed by atoms with Crippen molar-refractivity contribution in [3.05, 3.63) is 52.7 Å². The number of carbonyl (C=O) groups is 2. The van der Waals surface area contributed by atoms with Gasteiger partial charge in [0.2, 0.25) is 0 Å². The van der Waals surface area contributed by atoms with Gasteiger partial charge in [-0.1, -0.05) is 20.3 Å². The van der Waals surface area contributed by atoms with Gasteiger partial charge < -0.3 is 19.2 Å². The van der Waals surface area contributed by atoms with Gasteiger partial charge in [0.25, 0.3) is 0 Å². The van der Waals surface area contributed by atoms with E-state index in [4.69, 9.17) is 14.1 Å².